The van der Waals surface area contributed by atoms with Gasteiger partial charge in [-0.25, -0.2) is 0 Å². The molecule has 4 nitrogen and oxygen atoms in total. The third-order valence-electron chi connectivity index (χ3n) is 2.90. The lowest BCUT2D eigenvalue weighted by Crippen LogP contribution is -2.39. The van der Waals surface area contributed by atoms with Crippen molar-refractivity contribution in [3.63, 3.8) is 0 Å². The molecule has 1 aromatic rings. The summed E-state index contributed by atoms with van der Waals surface area (Å²) < 4.78 is 5.25. The Morgan fingerprint density at radius 1 is 1.32 bits per heavy atom. The van der Waals surface area contributed by atoms with E-state index in [1.807, 2.05) is 18.7 Å². The molecular weight excluding hydrogens is 240 g/mol. The first-order valence-corrected chi connectivity index (χ1v) is 6.61. The highest BCUT2D eigenvalue weighted by Crippen LogP contribution is 2.24. The van der Waals surface area contributed by atoms with Gasteiger partial charge in [-0.05, 0) is 31.9 Å². The van der Waals surface area contributed by atoms with Crippen LogP contribution in [0.15, 0.2) is 18.2 Å². The molecule has 0 saturated heterocycles. The highest BCUT2D eigenvalue weighted by molar-refractivity contribution is 5.97. The van der Waals surface area contributed by atoms with E-state index in [0.29, 0.717) is 22.9 Å². The standard InChI is InChI=1S/C15H24N2O2/c1-10(2)9-17(11(3)4)15(18)13-7-6-12(16)8-14(13)19-5/h6-8,10-11H,9,16H2,1-5H3. The Morgan fingerprint density at radius 2 is 1.95 bits per heavy atom. The van der Waals surface area contributed by atoms with Gasteiger partial charge in [0.1, 0.15) is 5.75 Å². The zero-order valence-electron chi connectivity index (χ0n) is 12.4. The Labute approximate surface area is 115 Å². The number of carbonyl (C=O) groups is 1. The number of amides is 1. The summed E-state index contributed by atoms with van der Waals surface area (Å²) in [6.45, 7) is 8.96. The summed E-state index contributed by atoms with van der Waals surface area (Å²) in [6.07, 6.45) is 0. The minimum atomic E-state index is -0.0134. The first-order valence-electron chi connectivity index (χ1n) is 6.61. The minimum Gasteiger partial charge on any atom is -0.496 e. The minimum absolute atomic E-state index is 0.0134. The fourth-order valence-corrected chi connectivity index (χ4v) is 1.96. The number of anilines is 1. The van der Waals surface area contributed by atoms with Gasteiger partial charge < -0.3 is 15.4 Å². The summed E-state index contributed by atoms with van der Waals surface area (Å²) in [5.74, 6) is 0.936. The van der Waals surface area contributed by atoms with Crippen molar-refractivity contribution in [2.45, 2.75) is 33.7 Å². The fraction of sp³-hybridized carbons (Fsp3) is 0.533. The van der Waals surface area contributed by atoms with Crippen molar-refractivity contribution in [1.82, 2.24) is 4.90 Å². The molecule has 0 aliphatic rings. The molecule has 0 aromatic heterocycles. The van der Waals surface area contributed by atoms with Gasteiger partial charge in [-0.2, -0.15) is 0 Å². The summed E-state index contributed by atoms with van der Waals surface area (Å²) in [7, 11) is 1.55. The molecule has 0 unspecified atom stereocenters. The van der Waals surface area contributed by atoms with Gasteiger partial charge in [0.05, 0.1) is 12.7 Å². The van der Waals surface area contributed by atoms with Gasteiger partial charge in [0.15, 0.2) is 0 Å². The van der Waals surface area contributed by atoms with Gasteiger partial charge in [-0.1, -0.05) is 13.8 Å². The van der Waals surface area contributed by atoms with Gasteiger partial charge >= 0.3 is 0 Å². The molecule has 2 N–H and O–H groups in total. The second-order valence-electron chi connectivity index (χ2n) is 5.40. The van der Waals surface area contributed by atoms with Crippen LogP contribution in [0.25, 0.3) is 0 Å². The fourth-order valence-electron chi connectivity index (χ4n) is 1.96. The van der Waals surface area contributed by atoms with Crippen molar-refractivity contribution in [2.75, 3.05) is 19.4 Å². The van der Waals surface area contributed by atoms with Crippen molar-refractivity contribution in [1.29, 1.82) is 0 Å². The molecule has 4 heteroatoms. The van der Waals surface area contributed by atoms with Crippen LogP contribution in [0.2, 0.25) is 0 Å². The second kappa shape index (κ2) is 6.45. The highest BCUT2D eigenvalue weighted by Gasteiger charge is 2.22. The Bertz CT molecular complexity index is 442. The number of hydrogen-bond acceptors (Lipinski definition) is 3. The topological polar surface area (TPSA) is 55.6 Å². The molecule has 1 amide bonds. The summed E-state index contributed by atoms with van der Waals surface area (Å²) in [5.41, 5.74) is 6.87. The smallest absolute Gasteiger partial charge is 0.257 e. The average Bonchev–Trinajstić information content (AvgIpc) is 2.34. The molecule has 19 heavy (non-hydrogen) atoms. The van der Waals surface area contributed by atoms with Gasteiger partial charge in [-0.15, -0.1) is 0 Å². The number of nitrogens with two attached hydrogens (primary N) is 1. The van der Waals surface area contributed by atoms with E-state index < -0.39 is 0 Å². The van der Waals surface area contributed by atoms with Gasteiger partial charge in [0, 0.05) is 24.3 Å². The van der Waals surface area contributed by atoms with E-state index in [-0.39, 0.29) is 11.9 Å². The third kappa shape index (κ3) is 3.88. The van der Waals surface area contributed by atoms with Crippen LogP contribution in [-0.2, 0) is 0 Å². The molecule has 0 atom stereocenters. The zero-order chi connectivity index (χ0) is 14.6. The SMILES string of the molecule is COc1cc(N)ccc1C(=O)N(CC(C)C)C(C)C. The number of hydrogen-bond donors (Lipinski definition) is 1. The van der Waals surface area contributed by atoms with Gasteiger partial charge in [0.2, 0.25) is 0 Å². The number of rotatable bonds is 5. The Hall–Kier alpha value is -1.71. The van der Waals surface area contributed by atoms with E-state index in [2.05, 4.69) is 13.8 Å². The van der Waals surface area contributed by atoms with Crippen molar-refractivity contribution in [3.8, 4) is 5.75 Å². The molecule has 0 saturated carbocycles. The van der Waals surface area contributed by atoms with Crippen LogP contribution >= 0.6 is 0 Å². The van der Waals surface area contributed by atoms with Crippen LogP contribution in [0.1, 0.15) is 38.1 Å². The van der Waals surface area contributed by atoms with Crippen LogP contribution < -0.4 is 10.5 Å². The maximum Gasteiger partial charge on any atom is 0.257 e. The second-order valence-corrected chi connectivity index (χ2v) is 5.40. The van der Waals surface area contributed by atoms with E-state index in [4.69, 9.17) is 10.5 Å². The molecule has 0 bridgehead atoms. The number of benzene rings is 1. The van der Waals surface area contributed by atoms with Crippen LogP contribution in [0, 0.1) is 5.92 Å². The maximum atomic E-state index is 12.6. The molecule has 0 spiro atoms. The largest absolute Gasteiger partial charge is 0.496 e. The molecule has 106 valence electrons. The average molecular weight is 264 g/mol. The molecule has 0 heterocycles. The number of nitrogens with zero attached hydrogens (tertiary/aromatic N) is 1. The summed E-state index contributed by atoms with van der Waals surface area (Å²) in [4.78, 5) is 14.5. The number of ether oxygens (including phenoxy) is 1. The monoisotopic (exact) mass is 264 g/mol. The Morgan fingerprint density at radius 3 is 2.42 bits per heavy atom. The molecule has 0 aliphatic carbocycles. The van der Waals surface area contributed by atoms with Crippen LogP contribution in [-0.4, -0.2) is 30.5 Å². The summed E-state index contributed by atoms with van der Waals surface area (Å²) >= 11 is 0. The highest BCUT2D eigenvalue weighted by atomic mass is 16.5. The number of methoxy groups -OCH3 is 1. The van der Waals surface area contributed by atoms with E-state index in [9.17, 15) is 4.79 Å². The van der Waals surface area contributed by atoms with Crippen molar-refractivity contribution < 1.29 is 9.53 Å². The van der Waals surface area contributed by atoms with E-state index in [1.165, 1.54) is 0 Å². The summed E-state index contributed by atoms with van der Waals surface area (Å²) in [5, 5.41) is 0. The van der Waals surface area contributed by atoms with E-state index in [1.54, 1.807) is 25.3 Å². The molecule has 0 radical (unpaired) electrons. The Balaban J connectivity index is 3.09. The molecule has 1 rings (SSSR count). The van der Waals surface area contributed by atoms with Crippen LogP contribution in [0.4, 0.5) is 5.69 Å². The third-order valence-corrected chi connectivity index (χ3v) is 2.90. The van der Waals surface area contributed by atoms with Crippen molar-refractivity contribution >= 4 is 11.6 Å². The lowest BCUT2D eigenvalue weighted by atomic mass is 10.1. The maximum absolute atomic E-state index is 12.6. The Kier molecular flexibility index (Phi) is 5.21. The van der Waals surface area contributed by atoms with Gasteiger partial charge in [-0.3, -0.25) is 4.79 Å². The zero-order valence-corrected chi connectivity index (χ0v) is 12.4. The normalized spacial score (nSPS) is 10.9. The number of nitrogen functional groups attached to an aromatic ring is 1. The lowest BCUT2D eigenvalue weighted by molar-refractivity contribution is 0.0678. The quantitative estimate of drug-likeness (QED) is 0.832. The van der Waals surface area contributed by atoms with Crippen LogP contribution in [0.3, 0.4) is 0 Å². The predicted octanol–water partition coefficient (Wildman–Crippen LogP) is 2.78. The molecular formula is C15H24N2O2. The van der Waals surface area contributed by atoms with E-state index in [0.717, 1.165) is 6.54 Å². The molecule has 1 aromatic carbocycles. The van der Waals surface area contributed by atoms with Crippen molar-refractivity contribution in [3.05, 3.63) is 23.8 Å². The lowest BCUT2D eigenvalue weighted by Gasteiger charge is -2.29. The first-order chi connectivity index (χ1) is 8.86. The van der Waals surface area contributed by atoms with Crippen molar-refractivity contribution in [2.24, 2.45) is 5.92 Å². The first kappa shape index (κ1) is 15.3. The molecule has 0 fully saturated rings. The number of carbonyl (C=O) groups excluding carboxylic acids is 1. The van der Waals surface area contributed by atoms with Crippen LogP contribution in [0.5, 0.6) is 5.75 Å². The molecule has 0 aliphatic heterocycles. The summed E-state index contributed by atoms with van der Waals surface area (Å²) in [6, 6.07) is 5.29. The van der Waals surface area contributed by atoms with E-state index >= 15 is 0 Å². The predicted molar refractivity (Wildman–Crippen MR) is 78.4 cm³/mol. The van der Waals surface area contributed by atoms with Gasteiger partial charge in [0.25, 0.3) is 5.91 Å².